The van der Waals surface area contributed by atoms with Gasteiger partial charge in [0.25, 0.3) is 0 Å². The van der Waals surface area contributed by atoms with Crippen LogP contribution in [0.5, 0.6) is 0 Å². The van der Waals surface area contributed by atoms with E-state index < -0.39 is 0 Å². The average molecular weight is 337 g/mol. The number of ether oxygens (including phenoxy) is 3. The Morgan fingerprint density at radius 3 is 2.46 bits per heavy atom. The summed E-state index contributed by atoms with van der Waals surface area (Å²) in [5, 5.41) is 0. The third-order valence-electron chi connectivity index (χ3n) is 8.68. The highest BCUT2D eigenvalue weighted by molar-refractivity contribution is 5.18. The first kappa shape index (κ1) is 17.3. The van der Waals surface area contributed by atoms with Gasteiger partial charge in [0.2, 0.25) is 0 Å². The molecule has 4 aliphatic rings. The van der Waals surface area contributed by atoms with Crippen molar-refractivity contribution in [3.05, 3.63) is 0 Å². The van der Waals surface area contributed by atoms with Crippen LogP contribution in [0.1, 0.15) is 72.6 Å². The number of hydrogen-bond donors (Lipinski definition) is 0. The summed E-state index contributed by atoms with van der Waals surface area (Å²) in [6.45, 7) is 11.6. The Kier molecular flexibility index (Phi) is 3.92. The largest absolute Gasteiger partial charge is 0.381 e. The molecular formula is C21H36O3. The molecule has 0 amide bonds. The van der Waals surface area contributed by atoms with Crippen LogP contribution in [0, 0.1) is 22.7 Å². The molecule has 24 heavy (non-hydrogen) atoms. The summed E-state index contributed by atoms with van der Waals surface area (Å²) in [5.74, 6) is 1.13. The molecule has 2 aliphatic carbocycles. The Bertz CT molecular complexity index is 495. The highest BCUT2D eigenvalue weighted by atomic mass is 16.6. The molecule has 3 nitrogen and oxygen atoms in total. The molecule has 2 heterocycles. The second kappa shape index (κ2) is 5.44. The number of hydrogen-bond acceptors (Lipinski definition) is 3. The molecule has 6 atom stereocenters. The molecule has 0 radical (unpaired) electrons. The van der Waals surface area contributed by atoms with Gasteiger partial charge in [0, 0.05) is 31.5 Å². The normalized spacial score (nSPS) is 53.6. The van der Waals surface area contributed by atoms with Crippen molar-refractivity contribution in [1.29, 1.82) is 0 Å². The van der Waals surface area contributed by atoms with Crippen LogP contribution in [-0.2, 0) is 14.2 Å². The van der Waals surface area contributed by atoms with Crippen molar-refractivity contribution in [3.63, 3.8) is 0 Å². The van der Waals surface area contributed by atoms with Crippen molar-refractivity contribution in [1.82, 2.24) is 0 Å². The zero-order valence-electron chi connectivity index (χ0n) is 16.3. The van der Waals surface area contributed by atoms with Gasteiger partial charge in [-0.15, -0.1) is 0 Å². The summed E-state index contributed by atoms with van der Waals surface area (Å²) in [7, 11) is 1.90. The van der Waals surface area contributed by atoms with Crippen LogP contribution in [0.2, 0.25) is 0 Å². The number of rotatable bonds is 1. The lowest BCUT2D eigenvalue weighted by atomic mass is 9.44. The van der Waals surface area contributed by atoms with Gasteiger partial charge in [0.05, 0.1) is 23.9 Å². The lowest BCUT2D eigenvalue weighted by Gasteiger charge is -2.65. The maximum atomic E-state index is 7.14. The van der Waals surface area contributed by atoms with Gasteiger partial charge in [0.1, 0.15) is 0 Å². The van der Waals surface area contributed by atoms with E-state index in [0.717, 1.165) is 26.1 Å². The van der Waals surface area contributed by atoms with E-state index in [1.165, 1.54) is 32.1 Å². The van der Waals surface area contributed by atoms with Crippen LogP contribution in [0.3, 0.4) is 0 Å². The summed E-state index contributed by atoms with van der Waals surface area (Å²) in [6.07, 6.45) is 8.90. The smallest absolute Gasteiger partial charge is 0.0945 e. The van der Waals surface area contributed by atoms with Crippen molar-refractivity contribution in [2.24, 2.45) is 22.7 Å². The van der Waals surface area contributed by atoms with E-state index in [2.05, 4.69) is 27.7 Å². The van der Waals surface area contributed by atoms with Gasteiger partial charge in [-0.1, -0.05) is 34.1 Å². The zero-order chi connectivity index (χ0) is 17.2. The number of fused-ring (bicyclic) bond motifs is 2. The average Bonchev–Trinajstić information content (AvgIpc) is 3.14. The van der Waals surface area contributed by atoms with E-state index in [1.54, 1.807) is 0 Å². The van der Waals surface area contributed by atoms with Crippen LogP contribution >= 0.6 is 0 Å². The van der Waals surface area contributed by atoms with Gasteiger partial charge in [-0.25, -0.2) is 0 Å². The molecule has 4 fully saturated rings. The van der Waals surface area contributed by atoms with Gasteiger partial charge in [-0.05, 0) is 43.4 Å². The maximum absolute atomic E-state index is 7.14. The van der Waals surface area contributed by atoms with Crippen LogP contribution in [-0.4, -0.2) is 37.6 Å². The lowest BCUT2D eigenvalue weighted by molar-refractivity contribution is -0.270. The first-order chi connectivity index (χ1) is 11.3. The van der Waals surface area contributed by atoms with Crippen LogP contribution in [0.15, 0.2) is 0 Å². The van der Waals surface area contributed by atoms with Crippen molar-refractivity contribution < 1.29 is 14.2 Å². The molecule has 2 saturated carbocycles. The quantitative estimate of drug-likeness (QED) is 0.701. The Balaban J connectivity index is 1.77. The standard InChI is InChI=1S/C21H36O3/c1-15-16(22-5)13-17-18(2,3)7-6-8-19(17,4)21(15)10-9-20(24-21)11-12-23-14-20/h15-17H,6-14H2,1-5H3/t15-,16+,17+,19+,20-,21-/m1/s1. The molecule has 3 heteroatoms. The van der Waals surface area contributed by atoms with Gasteiger partial charge in [-0.2, -0.15) is 0 Å². The van der Waals surface area contributed by atoms with E-state index in [9.17, 15) is 0 Å². The van der Waals surface area contributed by atoms with Crippen LogP contribution in [0.4, 0.5) is 0 Å². The third kappa shape index (κ3) is 2.13. The fourth-order valence-electron chi connectivity index (χ4n) is 7.26. The van der Waals surface area contributed by atoms with Gasteiger partial charge < -0.3 is 14.2 Å². The lowest BCUT2D eigenvalue weighted by Crippen LogP contribution is -2.66. The first-order valence-corrected chi connectivity index (χ1v) is 10.1. The van der Waals surface area contributed by atoms with Crippen LogP contribution in [0.25, 0.3) is 0 Å². The van der Waals surface area contributed by atoms with Crippen molar-refractivity contribution >= 4 is 0 Å². The minimum absolute atomic E-state index is 0.0148. The molecule has 2 spiro atoms. The highest BCUT2D eigenvalue weighted by Crippen LogP contribution is 2.68. The topological polar surface area (TPSA) is 27.7 Å². The molecule has 138 valence electrons. The Morgan fingerprint density at radius 1 is 1.00 bits per heavy atom. The molecule has 4 rings (SSSR count). The molecule has 0 aromatic carbocycles. The van der Waals surface area contributed by atoms with Gasteiger partial charge in [-0.3, -0.25) is 0 Å². The van der Waals surface area contributed by atoms with E-state index in [-0.39, 0.29) is 16.6 Å². The van der Waals surface area contributed by atoms with E-state index >= 15 is 0 Å². The predicted molar refractivity (Wildman–Crippen MR) is 95.0 cm³/mol. The third-order valence-corrected chi connectivity index (χ3v) is 8.68. The molecule has 0 aromatic heterocycles. The Morgan fingerprint density at radius 2 is 1.79 bits per heavy atom. The fourth-order valence-corrected chi connectivity index (χ4v) is 7.26. The summed E-state index contributed by atoms with van der Waals surface area (Å²) in [5.41, 5.74) is 0.582. The van der Waals surface area contributed by atoms with Crippen molar-refractivity contribution in [2.45, 2.75) is 89.9 Å². The summed E-state index contributed by atoms with van der Waals surface area (Å²) >= 11 is 0. The number of methoxy groups -OCH3 is 1. The van der Waals surface area contributed by atoms with E-state index in [0.29, 0.717) is 23.4 Å². The van der Waals surface area contributed by atoms with Crippen molar-refractivity contribution in [2.75, 3.05) is 20.3 Å². The summed E-state index contributed by atoms with van der Waals surface area (Å²) in [4.78, 5) is 0. The van der Waals surface area contributed by atoms with Crippen molar-refractivity contribution in [3.8, 4) is 0 Å². The maximum Gasteiger partial charge on any atom is 0.0945 e. The second-order valence-corrected chi connectivity index (χ2v) is 10.1. The Hall–Kier alpha value is -0.120. The minimum atomic E-state index is -0.0397. The first-order valence-electron chi connectivity index (χ1n) is 10.1. The highest BCUT2D eigenvalue weighted by Gasteiger charge is 2.69. The summed E-state index contributed by atoms with van der Waals surface area (Å²) < 4.78 is 18.9. The van der Waals surface area contributed by atoms with Crippen LogP contribution < -0.4 is 0 Å². The molecule has 0 aromatic rings. The van der Waals surface area contributed by atoms with E-state index in [1.807, 2.05) is 7.11 Å². The zero-order valence-corrected chi connectivity index (χ0v) is 16.3. The van der Waals surface area contributed by atoms with E-state index in [4.69, 9.17) is 14.2 Å². The SMILES string of the molecule is CO[C@H]1C[C@H]2C(C)(C)CCC[C@]2(C)[C@@]2(CC[C@]3(CCOC3)O2)[C@@H]1C. The second-order valence-electron chi connectivity index (χ2n) is 10.1. The molecule has 2 aliphatic heterocycles. The molecular weight excluding hydrogens is 300 g/mol. The minimum Gasteiger partial charge on any atom is -0.381 e. The fraction of sp³-hybridized carbons (Fsp3) is 1.00. The monoisotopic (exact) mass is 336 g/mol. The van der Waals surface area contributed by atoms with Gasteiger partial charge in [0.15, 0.2) is 0 Å². The molecule has 2 saturated heterocycles. The molecule has 0 N–H and O–H groups in total. The predicted octanol–water partition coefficient (Wildman–Crippen LogP) is 4.58. The Labute approximate surface area is 147 Å². The van der Waals surface area contributed by atoms with Gasteiger partial charge >= 0.3 is 0 Å². The summed E-state index contributed by atoms with van der Waals surface area (Å²) in [6, 6.07) is 0. The molecule has 0 unspecified atom stereocenters. The molecule has 0 bridgehead atoms.